The average molecular weight is 400 g/mol. The van der Waals surface area contributed by atoms with Crippen LogP contribution in [-0.4, -0.2) is 70.9 Å². The van der Waals surface area contributed by atoms with Gasteiger partial charge in [0.15, 0.2) is 11.5 Å². The Morgan fingerprint density at radius 2 is 1.81 bits per heavy atom. The maximum atomic E-state index is 12.2. The summed E-state index contributed by atoms with van der Waals surface area (Å²) in [6, 6.07) is 5.41. The van der Waals surface area contributed by atoms with E-state index in [1.165, 1.54) is 22.7 Å². The number of nitrogens with one attached hydrogen (secondary N) is 1. The molecule has 0 radical (unpaired) electrons. The smallest absolute Gasteiger partial charge is 0.281 e. The summed E-state index contributed by atoms with van der Waals surface area (Å²) in [5.41, 5.74) is 0.844. The van der Waals surface area contributed by atoms with Crippen LogP contribution in [0.5, 0.6) is 11.5 Å². The van der Waals surface area contributed by atoms with Crippen LogP contribution in [0.25, 0.3) is 0 Å². The predicted octanol–water partition coefficient (Wildman–Crippen LogP) is 0.881. The van der Waals surface area contributed by atoms with Crippen molar-refractivity contribution in [3.63, 3.8) is 0 Å². The highest BCUT2D eigenvalue weighted by Crippen LogP contribution is 2.27. The third-order valence-corrected chi connectivity index (χ3v) is 6.70. The molecule has 0 atom stereocenters. The molecule has 1 aliphatic rings. The Labute approximate surface area is 161 Å². The van der Waals surface area contributed by atoms with Gasteiger partial charge in [0.05, 0.1) is 20.6 Å². The molecular weight excluding hydrogens is 370 g/mol. The fourth-order valence-electron chi connectivity index (χ4n) is 3.07. The van der Waals surface area contributed by atoms with E-state index in [4.69, 9.17) is 9.47 Å². The van der Waals surface area contributed by atoms with Gasteiger partial charge in [-0.25, -0.2) is 0 Å². The van der Waals surface area contributed by atoms with Crippen LogP contribution in [0, 0.1) is 5.92 Å². The molecule has 1 fully saturated rings. The monoisotopic (exact) mass is 399 g/mol. The van der Waals surface area contributed by atoms with Crippen LogP contribution >= 0.6 is 0 Å². The first kappa shape index (κ1) is 21.5. The van der Waals surface area contributed by atoms with Gasteiger partial charge in [-0.1, -0.05) is 6.07 Å². The average Bonchev–Trinajstić information content (AvgIpc) is 2.66. The number of amides is 1. The van der Waals surface area contributed by atoms with Crippen molar-refractivity contribution in [3.8, 4) is 11.5 Å². The Balaban J connectivity index is 1.80. The normalized spacial score (nSPS) is 16.3. The van der Waals surface area contributed by atoms with Crippen molar-refractivity contribution in [2.75, 3.05) is 47.9 Å². The number of hydrogen-bond donors (Lipinski definition) is 1. The van der Waals surface area contributed by atoms with Crippen LogP contribution in [0.15, 0.2) is 18.2 Å². The number of carbonyl (C=O) groups is 1. The highest BCUT2D eigenvalue weighted by molar-refractivity contribution is 7.86. The second-order valence-electron chi connectivity index (χ2n) is 6.80. The molecule has 152 valence electrons. The molecule has 1 heterocycles. The summed E-state index contributed by atoms with van der Waals surface area (Å²) in [6.45, 7) is 1.52. The molecule has 9 heteroatoms. The molecule has 1 saturated heterocycles. The lowest BCUT2D eigenvalue weighted by atomic mass is 9.98. The lowest BCUT2D eigenvalue weighted by Gasteiger charge is -2.32. The van der Waals surface area contributed by atoms with Gasteiger partial charge < -0.3 is 14.8 Å². The summed E-state index contributed by atoms with van der Waals surface area (Å²) >= 11 is 0. The number of methoxy groups -OCH3 is 2. The second kappa shape index (κ2) is 9.38. The Hall–Kier alpha value is -1.84. The van der Waals surface area contributed by atoms with Crippen LogP contribution in [-0.2, 0) is 21.4 Å². The Kier molecular flexibility index (Phi) is 7.46. The zero-order valence-corrected chi connectivity index (χ0v) is 17.2. The topological polar surface area (TPSA) is 88.2 Å². The molecule has 1 aromatic rings. The van der Waals surface area contributed by atoms with Gasteiger partial charge in [-0.15, -0.1) is 0 Å². The zero-order valence-electron chi connectivity index (χ0n) is 16.4. The molecular formula is C18H29N3O5S. The SMILES string of the molecule is COc1ccc(CC(=O)NCC2CCN(S(=O)(=O)N(C)C)CC2)cc1OC. The second-order valence-corrected chi connectivity index (χ2v) is 8.95. The van der Waals surface area contributed by atoms with E-state index in [1.807, 2.05) is 6.07 Å². The quantitative estimate of drug-likeness (QED) is 0.701. The largest absolute Gasteiger partial charge is 0.493 e. The van der Waals surface area contributed by atoms with E-state index in [-0.39, 0.29) is 18.2 Å². The fraction of sp³-hybridized carbons (Fsp3) is 0.611. The van der Waals surface area contributed by atoms with E-state index in [1.54, 1.807) is 26.4 Å². The maximum absolute atomic E-state index is 12.2. The first-order valence-electron chi connectivity index (χ1n) is 8.93. The van der Waals surface area contributed by atoms with Crippen molar-refractivity contribution in [1.82, 2.24) is 13.9 Å². The Bertz CT molecular complexity index is 743. The van der Waals surface area contributed by atoms with Gasteiger partial charge in [0.1, 0.15) is 0 Å². The van der Waals surface area contributed by atoms with Crippen LogP contribution in [0.3, 0.4) is 0 Å². The fourth-order valence-corrected chi connectivity index (χ4v) is 4.21. The number of rotatable bonds is 8. The number of nitrogens with zero attached hydrogens (tertiary/aromatic N) is 2. The molecule has 0 saturated carbocycles. The molecule has 1 amide bonds. The van der Waals surface area contributed by atoms with E-state index < -0.39 is 10.2 Å². The summed E-state index contributed by atoms with van der Waals surface area (Å²) in [4.78, 5) is 12.2. The van der Waals surface area contributed by atoms with E-state index in [0.717, 1.165) is 18.4 Å². The highest BCUT2D eigenvalue weighted by Gasteiger charge is 2.29. The number of ether oxygens (including phenoxy) is 2. The summed E-state index contributed by atoms with van der Waals surface area (Å²) in [5, 5.41) is 2.95. The highest BCUT2D eigenvalue weighted by atomic mass is 32.2. The van der Waals surface area contributed by atoms with Crippen molar-refractivity contribution in [2.45, 2.75) is 19.3 Å². The minimum absolute atomic E-state index is 0.0643. The molecule has 0 bridgehead atoms. The van der Waals surface area contributed by atoms with Crippen molar-refractivity contribution < 1.29 is 22.7 Å². The molecule has 8 nitrogen and oxygen atoms in total. The zero-order chi connectivity index (χ0) is 20.0. The Morgan fingerprint density at radius 3 is 2.37 bits per heavy atom. The van der Waals surface area contributed by atoms with Crippen LogP contribution in [0.1, 0.15) is 18.4 Å². The molecule has 0 aromatic heterocycles. The molecule has 1 aromatic carbocycles. The maximum Gasteiger partial charge on any atom is 0.281 e. The number of hydrogen-bond acceptors (Lipinski definition) is 5. The van der Waals surface area contributed by atoms with Gasteiger partial charge in [-0.05, 0) is 36.5 Å². The van der Waals surface area contributed by atoms with Gasteiger partial charge in [0.25, 0.3) is 10.2 Å². The number of carbonyl (C=O) groups excluding carboxylic acids is 1. The standard InChI is InChI=1S/C18H29N3O5S/c1-20(2)27(23,24)21-9-7-14(8-10-21)13-19-18(22)12-15-5-6-16(25-3)17(11-15)26-4/h5-6,11,14H,7-10,12-13H2,1-4H3,(H,19,22). The molecule has 0 aliphatic carbocycles. The Morgan fingerprint density at radius 1 is 1.19 bits per heavy atom. The lowest BCUT2D eigenvalue weighted by molar-refractivity contribution is -0.120. The summed E-state index contributed by atoms with van der Waals surface area (Å²) in [5.74, 6) is 1.44. The van der Waals surface area contributed by atoms with E-state index >= 15 is 0 Å². The number of piperidine rings is 1. The molecule has 1 N–H and O–H groups in total. The third kappa shape index (κ3) is 5.57. The molecule has 1 aliphatic heterocycles. The van der Waals surface area contributed by atoms with Gasteiger partial charge in [0, 0.05) is 33.7 Å². The lowest BCUT2D eigenvalue weighted by Crippen LogP contribution is -2.46. The van der Waals surface area contributed by atoms with Crippen LogP contribution in [0.4, 0.5) is 0 Å². The predicted molar refractivity (Wildman–Crippen MR) is 103 cm³/mol. The van der Waals surface area contributed by atoms with E-state index in [9.17, 15) is 13.2 Å². The number of benzene rings is 1. The summed E-state index contributed by atoms with van der Waals surface area (Å²) in [7, 11) is 2.85. The van der Waals surface area contributed by atoms with E-state index in [0.29, 0.717) is 31.1 Å². The molecule has 2 rings (SSSR count). The van der Waals surface area contributed by atoms with E-state index in [2.05, 4.69) is 5.32 Å². The minimum atomic E-state index is -3.35. The first-order valence-corrected chi connectivity index (χ1v) is 10.3. The van der Waals surface area contributed by atoms with Crippen molar-refractivity contribution in [3.05, 3.63) is 23.8 Å². The molecule has 0 spiro atoms. The van der Waals surface area contributed by atoms with Crippen molar-refractivity contribution in [2.24, 2.45) is 5.92 Å². The molecule has 0 unspecified atom stereocenters. The first-order chi connectivity index (χ1) is 12.8. The van der Waals surface area contributed by atoms with Gasteiger partial charge in [-0.2, -0.15) is 17.0 Å². The minimum Gasteiger partial charge on any atom is -0.493 e. The van der Waals surface area contributed by atoms with Gasteiger partial charge >= 0.3 is 0 Å². The van der Waals surface area contributed by atoms with Crippen molar-refractivity contribution in [1.29, 1.82) is 0 Å². The van der Waals surface area contributed by atoms with Gasteiger partial charge in [0.2, 0.25) is 5.91 Å². The third-order valence-electron chi connectivity index (χ3n) is 4.76. The molecule has 27 heavy (non-hydrogen) atoms. The van der Waals surface area contributed by atoms with Crippen molar-refractivity contribution >= 4 is 16.1 Å². The van der Waals surface area contributed by atoms with Gasteiger partial charge in [-0.3, -0.25) is 4.79 Å². The summed E-state index contributed by atoms with van der Waals surface area (Å²) < 4.78 is 37.4. The van der Waals surface area contributed by atoms with Crippen LogP contribution < -0.4 is 14.8 Å². The van der Waals surface area contributed by atoms with Crippen LogP contribution in [0.2, 0.25) is 0 Å². The summed E-state index contributed by atoms with van der Waals surface area (Å²) in [6.07, 6.45) is 1.74.